The standard InChI is InChI=1S/C20H22N4O2S/c1-3-16-12-17-18(21-13-22-19(17)27-16)23-8-10-24(11-9-23)20(25)14-4-6-15(26-2)7-5-14/h4-7,12-13H,3,8-11H2,1-2H3. The molecule has 0 N–H and O–H groups in total. The maximum atomic E-state index is 12.7. The van der Waals surface area contributed by atoms with E-state index in [1.807, 2.05) is 29.2 Å². The number of aryl methyl sites for hydroxylation is 1. The zero-order valence-electron chi connectivity index (χ0n) is 15.5. The van der Waals surface area contributed by atoms with Crippen LogP contribution in [0, 0.1) is 0 Å². The molecule has 1 aliphatic heterocycles. The molecular weight excluding hydrogens is 360 g/mol. The number of anilines is 1. The SMILES string of the molecule is CCc1cc2c(N3CCN(C(=O)c4ccc(OC)cc4)CC3)ncnc2s1. The average Bonchev–Trinajstić information content (AvgIpc) is 3.17. The summed E-state index contributed by atoms with van der Waals surface area (Å²) in [6, 6.07) is 9.48. The van der Waals surface area contributed by atoms with Gasteiger partial charge in [0.25, 0.3) is 5.91 Å². The van der Waals surface area contributed by atoms with E-state index in [4.69, 9.17) is 4.74 Å². The third kappa shape index (κ3) is 3.47. The van der Waals surface area contributed by atoms with Crippen molar-refractivity contribution in [2.45, 2.75) is 13.3 Å². The first-order chi connectivity index (χ1) is 13.2. The molecule has 0 aliphatic carbocycles. The number of rotatable bonds is 4. The second-order valence-corrected chi connectivity index (χ2v) is 7.61. The molecule has 6 nitrogen and oxygen atoms in total. The fourth-order valence-corrected chi connectivity index (χ4v) is 4.29. The van der Waals surface area contributed by atoms with Crippen LogP contribution >= 0.6 is 11.3 Å². The summed E-state index contributed by atoms with van der Waals surface area (Å²) < 4.78 is 5.16. The van der Waals surface area contributed by atoms with Gasteiger partial charge in [-0.3, -0.25) is 4.79 Å². The lowest BCUT2D eigenvalue weighted by Crippen LogP contribution is -2.49. The van der Waals surface area contributed by atoms with E-state index in [2.05, 4.69) is 27.9 Å². The number of hydrogen-bond donors (Lipinski definition) is 0. The maximum Gasteiger partial charge on any atom is 0.253 e. The first-order valence-corrected chi connectivity index (χ1v) is 9.93. The van der Waals surface area contributed by atoms with Crippen LogP contribution in [0.2, 0.25) is 0 Å². The molecule has 0 atom stereocenters. The van der Waals surface area contributed by atoms with Crippen LogP contribution in [0.5, 0.6) is 5.75 Å². The highest BCUT2D eigenvalue weighted by Crippen LogP contribution is 2.31. The number of carbonyl (C=O) groups excluding carboxylic acids is 1. The molecule has 0 unspecified atom stereocenters. The van der Waals surface area contributed by atoms with Gasteiger partial charge < -0.3 is 14.5 Å². The van der Waals surface area contributed by atoms with Crippen LogP contribution in [0.25, 0.3) is 10.2 Å². The van der Waals surface area contributed by atoms with Crippen LogP contribution in [0.15, 0.2) is 36.7 Å². The van der Waals surface area contributed by atoms with Crippen molar-refractivity contribution < 1.29 is 9.53 Å². The highest BCUT2D eigenvalue weighted by molar-refractivity contribution is 7.18. The molecule has 1 fully saturated rings. The van der Waals surface area contributed by atoms with Crippen molar-refractivity contribution in [3.63, 3.8) is 0 Å². The third-order valence-electron chi connectivity index (χ3n) is 4.91. The zero-order valence-corrected chi connectivity index (χ0v) is 16.3. The number of nitrogens with zero attached hydrogens (tertiary/aromatic N) is 4. The number of hydrogen-bond acceptors (Lipinski definition) is 6. The number of carbonyl (C=O) groups is 1. The van der Waals surface area contributed by atoms with E-state index < -0.39 is 0 Å². The van der Waals surface area contributed by atoms with E-state index in [9.17, 15) is 4.79 Å². The van der Waals surface area contributed by atoms with Gasteiger partial charge in [-0.25, -0.2) is 9.97 Å². The summed E-state index contributed by atoms with van der Waals surface area (Å²) in [4.78, 5) is 28.2. The predicted molar refractivity (Wildman–Crippen MR) is 108 cm³/mol. The molecule has 0 saturated carbocycles. The summed E-state index contributed by atoms with van der Waals surface area (Å²) in [5, 5.41) is 1.12. The van der Waals surface area contributed by atoms with Crippen LogP contribution in [-0.2, 0) is 6.42 Å². The quantitative estimate of drug-likeness (QED) is 0.693. The lowest BCUT2D eigenvalue weighted by Gasteiger charge is -2.35. The van der Waals surface area contributed by atoms with Crippen molar-refractivity contribution in [2.24, 2.45) is 0 Å². The summed E-state index contributed by atoms with van der Waals surface area (Å²) in [6.07, 6.45) is 2.65. The van der Waals surface area contributed by atoms with Crippen molar-refractivity contribution in [2.75, 3.05) is 38.2 Å². The maximum absolute atomic E-state index is 12.7. The molecule has 3 aromatic rings. The van der Waals surface area contributed by atoms with E-state index in [1.165, 1.54) is 4.88 Å². The molecule has 4 rings (SSSR count). The Hall–Kier alpha value is -2.67. The lowest BCUT2D eigenvalue weighted by atomic mass is 10.1. The van der Waals surface area contributed by atoms with Crippen LogP contribution in [-0.4, -0.2) is 54.1 Å². The largest absolute Gasteiger partial charge is 0.497 e. The minimum atomic E-state index is 0.0638. The summed E-state index contributed by atoms with van der Waals surface area (Å²) in [6.45, 7) is 5.06. The third-order valence-corrected chi connectivity index (χ3v) is 6.10. The number of fused-ring (bicyclic) bond motifs is 1. The smallest absolute Gasteiger partial charge is 0.253 e. The Morgan fingerprint density at radius 3 is 2.56 bits per heavy atom. The van der Waals surface area contributed by atoms with Crippen LogP contribution in [0.4, 0.5) is 5.82 Å². The van der Waals surface area contributed by atoms with Gasteiger partial charge in [-0.2, -0.15) is 0 Å². The minimum Gasteiger partial charge on any atom is -0.497 e. The Kier molecular flexibility index (Phi) is 4.94. The first-order valence-electron chi connectivity index (χ1n) is 9.11. The topological polar surface area (TPSA) is 58.6 Å². The van der Waals surface area contributed by atoms with E-state index in [-0.39, 0.29) is 5.91 Å². The Bertz CT molecular complexity index is 946. The van der Waals surface area contributed by atoms with Gasteiger partial charge in [0.15, 0.2) is 0 Å². The molecule has 0 radical (unpaired) electrons. The van der Waals surface area contributed by atoms with E-state index in [1.54, 1.807) is 24.8 Å². The van der Waals surface area contributed by atoms with Crippen molar-refractivity contribution in [3.8, 4) is 5.75 Å². The monoisotopic (exact) mass is 382 g/mol. The van der Waals surface area contributed by atoms with Crippen molar-refractivity contribution >= 4 is 33.3 Å². The molecule has 7 heteroatoms. The normalized spacial score (nSPS) is 14.6. The average molecular weight is 382 g/mol. The Balaban J connectivity index is 1.47. The Morgan fingerprint density at radius 1 is 1.15 bits per heavy atom. The van der Waals surface area contributed by atoms with Crippen molar-refractivity contribution in [1.82, 2.24) is 14.9 Å². The van der Waals surface area contributed by atoms with Crippen molar-refractivity contribution in [3.05, 3.63) is 47.1 Å². The second-order valence-electron chi connectivity index (χ2n) is 6.49. The fourth-order valence-electron chi connectivity index (χ4n) is 3.36. The molecule has 0 spiro atoms. The number of amides is 1. The van der Waals surface area contributed by atoms with Crippen LogP contribution in [0.1, 0.15) is 22.2 Å². The number of methoxy groups -OCH3 is 1. The highest BCUT2D eigenvalue weighted by atomic mass is 32.1. The number of thiophene rings is 1. The van der Waals surface area contributed by atoms with Gasteiger partial charge in [0.1, 0.15) is 22.7 Å². The minimum absolute atomic E-state index is 0.0638. The van der Waals surface area contributed by atoms with Gasteiger partial charge in [-0.15, -0.1) is 11.3 Å². The molecule has 1 saturated heterocycles. The molecule has 1 aromatic carbocycles. The molecule has 1 aliphatic rings. The van der Waals surface area contributed by atoms with E-state index in [0.29, 0.717) is 18.7 Å². The molecule has 1 amide bonds. The molecule has 0 bridgehead atoms. The predicted octanol–water partition coefficient (Wildman–Crippen LogP) is 3.22. The van der Waals surface area contributed by atoms with Crippen molar-refractivity contribution in [1.29, 1.82) is 0 Å². The number of ether oxygens (including phenoxy) is 1. The molecular formula is C20H22N4O2S. The summed E-state index contributed by atoms with van der Waals surface area (Å²) in [5.41, 5.74) is 0.694. The van der Waals surface area contributed by atoms with Gasteiger partial charge >= 0.3 is 0 Å². The molecule has 140 valence electrons. The number of benzene rings is 1. The molecule has 27 heavy (non-hydrogen) atoms. The highest BCUT2D eigenvalue weighted by Gasteiger charge is 2.24. The van der Waals surface area contributed by atoms with Gasteiger partial charge in [-0.1, -0.05) is 6.92 Å². The number of piperazine rings is 1. The van der Waals surface area contributed by atoms with Gasteiger partial charge in [0.05, 0.1) is 12.5 Å². The summed E-state index contributed by atoms with van der Waals surface area (Å²) in [7, 11) is 1.62. The van der Waals surface area contributed by atoms with Gasteiger partial charge in [0, 0.05) is 36.6 Å². The zero-order chi connectivity index (χ0) is 18.8. The Morgan fingerprint density at radius 2 is 1.89 bits per heavy atom. The fraction of sp³-hybridized carbons (Fsp3) is 0.350. The van der Waals surface area contributed by atoms with Crippen LogP contribution in [0.3, 0.4) is 0 Å². The first kappa shape index (κ1) is 17.7. The van der Waals surface area contributed by atoms with Gasteiger partial charge in [0.2, 0.25) is 0 Å². The molecule has 3 heterocycles. The number of aromatic nitrogens is 2. The van der Waals surface area contributed by atoms with Crippen LogP contribution < -0.4 is 9.64 Å². The van der Waals surface area contributed by atoms with E-state index in [0.717, 1.165) is 41.3 Å². The summed E-state index contributed by atoms with van der Waals surface area (Å²) in [5.74, 6) is 1.80. The lowest BCUT2D eigenvalue weighted by molar-refractivity contribution is 0.0746. The molecule has 2 aromatic heterocycles. The Labute approximate surface area is 162 Å². The van der Waals surface area contributed by atoms with Gasteiger partial charge in [-0.05, 0) is 36.8 Å². The summed E-state index contributed by atoms with van der Waals surface area (Å²) >= 11 is 1.73. The second kappa shape index (κ2) is 7.52. The van der Waals surface area contributed by atoms with E-state index >= 15 is 0 Å².